The van der Waals surface area contributed by atoms with Gasteiger partial charge in [0.05, 0.1) is 5.41 Å². The minimum atomic E-state index is -0.520. The van der Waals surface area contributed by atoms with Crippen LogP contribution < -0.4 is 5.73 Å². The summed E-state index contributed by atoms with van der Waals surface area (Å²) >= 11 is 0. The third kappa shape index (κ3) is 1.97. The van der Waals surface area contributed by atoms with Crippen molar-refractivity contribution in [3.05, 3.63) is 22.5 Å². The lowest BCUT2D eigenvalue weighted by atomic mass is 9.78. The van der Waals surface area contributed by atoms with Gasteiger partial charge in [0.25, 0.3) is 0 Å². The number of carbonyl (C=O) groups excluding carboxylic acids is 1. The Bertz CT molecular complexity index is 620. The van der Waals surface area contributed by atoms with Gasteiger partial charge in [-0.15, -0.1) is 0 Å². The molecular formula is C19H30N2O. The van der Waals surface area contributed by atoms with Crippen molar-refractivity contribution in [2.75, 3.05) is 0 Å². The first-order valence-corrected chi connectivity index (χ1v) is 8.72. The van der Waals surface area contributed by atoms with Gasteiger partial charge in [-0.1, -0.05) is 33.1 Å². The van der Waals surface area contributed by atoms with Crippen LogP contribution in [0.5, 0.6) is 0 Å². The lowest BCUT2D eigenvalue weighted by molar-refractivity contribution is -0.123. The quantitative estimate of drug-likeness (QED) is 0.880. The highest BCUT2D eigenvalue weighted by Gasteiger charge is 2.52. The lowest BCUT2D eigenvalue weighted by Gasteiger charge is -2.31. The highest BCUT2D eigenvalue weighted by atomic mass is 16.1. The molecule has 1 saturated carbocycles. The average Bonchev–Trinajstić information content (AvgIpc) is 2.83. The Balaban J connectivity index is 2.20. The number of nitrogens with zero attached hydrogens (tertiary/aromatic N) is 1. The number of primary amides is 1. The minimum Gasteiger partial charge on any atom is -0.369 e. The molecule has 3 heteroatoms. The molecule has 3 rings (SSSR count). The number of hydrogen-bond donors (Lipinski definition) is 1. The molecule has 1 heterocycles. The van der Waals surface area contributed by atoms with Crippen molar-refractivity contribution in [1.29, 1.82) is 0 Å². The smallest absolute Gasteiger partial charge is 0.227 e. The molecule has 0 aromatic carbocycles. The summed E-state index contributed by atoms with van der Waals surface area (Å²) in [6.45, 7) is 11.0. The van der Waals surface area contributed by atoms with E-state index >= 15 is 0 Å². The fourth-order valence-corrected chi connectivity index (χ4v) is 5.52. The first-order chi connectivity index (χ1) is 10.2. The summed E-state index contributed by atoms with van der Waals surface area (Å²) in [5.41, 5.74) is 10.6. The second-order valence-corrected chi connectivity index (χ2v) is 8.34. The van der Waals surface area contributed by atoms with Crippen LogP contribution in [0.15, 0.2) is 0 Å². The van der Waals surface area contributed by atoms with E-state index in [1.807, 2.05) is 6.92 Å². The summed E-state index contributed by atoms with van der Waals surface area (Å²) in [6.07, 6.45) is 7.37. The third-order valence-corrected chi connectivity index (χ3v) is 6.20. The van der Waals surface area contributed by atoms with Crippen molar-refractivity contribution in [3.63, 3.8) is 0 Å². The van der Waals surface area contributed by atoms with Gasteiger partial charge in [-0.25, -0.2) is 0 Å². The first kappa shape index (κ1) is 15.6. The number of rotatable bonds is 2. The SMILES string of the molecule is Cc1c2c(c(C)n1C1CCCCC1)C(C)(C(N)=O)CC2(C)C. The van der Waals surface area contributed by atoms with Crippen molar-refractivity contribution in [3.8, 4) is 0 Å². The molecule has 1 fully saturated rings. The van der Waals surface area contributed by atoms with Gasteiger partial charge in [0.15, 0.2) is 0 Å². The van der Waals surface area contributed by atoms with Gasteiger partial charge in [-0.2, -0.15) is 0 Å². The molecule has 0 radical (unpaired) electrons. The maximum atomic E-state index is 12.2. The van der Waals surface area contributed by atoms with Crippen molar-refractivity contribution in [1.82, 2.24) is 4.57 Å². The molecule has 22 heavy (non-hydrogen) atoms. The molecule has 1 amide bonds. The zero-order chi connectivity index (χ0) is 16.3. The molecule has 1 aromatic heterocycles. The Morgan fingerprint density at radius 2 is 1.59 bits per heavy atom. The Kier molecular flexibility index (Phi) is 3.46. The molecule has 2 aliphatic rings. The summed E-state index contributed by atoms with van der Waals surface area (Å²) in [5, 5.41) is 0. The van der Waals surface area contributed by atoms with Crippen LogP contribution in [-0.4, -0.2) is 10.5 Å². The Morgan fingerprint density at radius 1 is 1.05 bits per heavy atom. The van der Waals surface area contributed by atoms with Crippen LogP contribution in [0.3, 0.4) is 0 Å². The van der Waals surface area contributed by atoms with E-state index in [1.165, 1.54) is 54.6 Å². The van der Waals surface area contributed by atoms with Crippen molar-refractivity contribution >= 4 is 5.91 Å². The highest BCUT2D eigenvalue weighted by Crippen LogP contribution is 2.54. The molecule has 3 nitrogen and oxygen atoms in total. The highest BCUT2D eigenvalue weighted by molar-refractivity contribution is 5.89. The number of amides is 1. The fraction of sp³-hybridized carbons (Fsp3) is 0.737. The van der Waals surface area contributed by atoms with Gasteiger partial charge >= 0.3 is 0 Å². The van der Waals surface area contributed by atoms with Crippen LogP contribution in [0.25, 0.3) is 0 Å². The fourth-order valence-electron chi connectivity index (χ4n) is 5.52. The summed E-state index contributed by atoms with van der Waals surface area (Å²) in [5.74, 6) is -0.178. The monoisotopic (exact) mass is 302 g/mol. The number of nitrogens with two attached hydrogens (primary N) is 1. The van der Waals surface area contributed by atoms with Crippen LogP contribution in [0.1, 0.15) is 87.9 Å². The average molecular weight is 302 g/mol. The Labute approximate surface area is 134 Å². The zero-order valence-corrected chi connectivity index (χ0v) is 14.8. The zero-order valence-electron chi connectivity index (χ0n) is 14.8. The first-order valence-electron chi connectivity index (χ1n) is 8.72. The molecular weight excluding hydrogens is 272 g/mol. The van der Waals surface area contributed by atoms with Crippen molar-refractivity contribution < 1.29 is 4.79 Å². The van der Waals surface area contributed by atoms with Crippen LogP contribution in [0.2, 0.25) is 0 Å². The topological polar surface area (TPSA) is 48.0 Å². The molecule has 1 aromatic rings. The van der Waals surface area contributed by atoms with Crippen LogP contribution in [0, 0.1) is 13.8 Å². The molecule has 1 atom stereocenters. The molecule has 0 bridgehead atoms. The molecule has 0 aliphatic heterocycles. The third-order valence-electron chi connectivity index (χ3n) is 6.20. The minimum absolute atomic E-state index is 0.0217. The molecule has 2 N–H and O–H groups in total. The van der Waals surface area contributed by atoms with Gasteiger partial charge in [0, 0.05) is 17.4 Å². The van der Waals surface area contributed by atoms with Crippen molar-refractivity contribution in [2.45, 2.75) is 90.0 Å². The molecule has 1 unspecified atom stereocenters. The normalized spacial score (nSPS) is 27.9. The summed E-state index contributed by atoms with van der Waals surface area (Å²) in [4.78, 5) is 12.2. The number of aromatic nitrogens is 1. The van der Waals surface area contributed by atoms with E-state index in [0.717, 1.165) is 6.42 Å². The van der Waals surface area contributed by atoms with E-state index < -0.39 is 5.41 Å². The predicted octanol–water partition coefficient (Wildman–Crippen LogP) is 4.03. The van der Waals surface area contributed by atoms with Gasteiger partial charge in [-0.3, -0.25) is 4.79 Å². The van der Waals surface area contributed by atoms with E-state index in [4.69, 9.17) is 5.73 Å². The second-order valence-electron chi connectivity index (χ2n) is 8.34. The Hall–Kier alpha value is -1.25. The van der Waals surface area contributed by atoms with Gasteiger partial charge in [0.2, 0.25) is 5.91 Å². The molecule has 0 saturated heterocycles. The van der Waals surface area contributed by atoms with E-state index in [2.05, 4.69) is 32.3 Å². The summed E-state index contributed by atoms with van der Waals surface area (Å²) < 4.78 is 2.53. The second kappa shape index (κ2) is 4.87. The van der Waals surface area contributed by atoms with Gasteiger partial charge in [0.1, 0.15) is 0 Å². The number of carbonyl (C=O) groups is 1. The molecule has 0 spiro atoms. The van der Waals surface area contributed by atoms with E-state index in [0.29, 0.717) is 6.04 Å². The van der Waals surface area contributed by atoms with Crippen molar-refractivity contribution in [2.24, 2.45) is 5.73 Å². The Morgan fingerprint density at radius 3 is 2.14 bits per heavy atom. The van der Waals surface area contributed by atoms with Gasteiger partial charge in [-0.05, 0) is 56.6 Å². The lowest BCUT2D eigenvalue weighted by Crippen LogP contribution is -2.38. The predicted molar refractivity (Wildman–Crippen MR) is 90.2 cm³/mol. The largest absolute Gasteiger partial charge is 0.369 e. The van der Waals surface area contributed by atoms with E-state index in [9.17, 15) is 4.79 Å². The molecule has 2 aliphatic carbocycles. The van der Waals surface area contributed by atoms with E-state index in [1.54, 1.807) is 0 Å². The summed E-state index contributed by atoms with van der Waals surface area (Å²) in [6, 6.07) is 0.604. The molecule has 122 valence electrons. The van der Waals surface area contributed by atoms with Crippen LogP contribution in [-0.2, 0) is 15.6 Å². The van der Waals surface area contributed by atoms with Crippen LogP contribution in [0.4, 0.5) is 0 Å². The maximum Gasteiger partial charge on any atom is 0.227 e. The summed E-state index contributed by atoms with van der Waals surface area (Å²) in [7, 11) is 0. The standard InChI is InChI=1S/C19H30N2O/c1-12-15-16(19(5,17(20)22)11-18(15,3)4)13(2)21(12)14-9-7-6-8-10-14/h14H,6-11H2,1-5H3,(H2,20,22). The number of hydrogen-bond acceptors (Lipinski definition) is 1. The number of fused-ring (bicyclic) bond motifs is 1. The van der Waals surface area contributed by atoms with Crippen LogP contribution >= 0.6 is 0 Å². The van der Waals surface area contributed by atoms with E-state index in [-0.39, 0.29) is 11.3 Å². The van der Waals surface area contributed by atoms with Gasteiger partial charge < -0.3 is 10.3 Å². The maximum absolute atomic E-state index is 12.2.